The van der Waals surface area contributed by atoms with Gasteiger partial charge >= 0.3 is 0 Å². The molecule has 0 saturated heterocycles. The van der Waals surface area contributed by atoms with Crippen molar-refractivity contribution in [2.75, 3.05) is 0 Å². The van der Waals surface area contributed by atoms with Crippen LogP contribution in [0.5, 0.6) is 0 Å². The SMILES string of the molecule is O=[N+]([O-])c1ccncc1-c1cc(F)c(-c2ccc(F)nc2)c(F)c1. The van der Waals surface area contributed by atoms with E-state index in [4.69, 9.17) is 0 Å². The Bertz CT molecular complexity index is 907. The predicted molar refractivity (Wildman–Crippen MR) is 79.4 cm³/mol. The summed E-state index contributed by atoms with van der Waals surface area (Å²) in [6.07, 6.45) is 3.38. The van der Waals surface area contributed by atoms with E-state index in [1.807, 2.05) is 0 Å². The van der Waals surface area contributed by atoms with Crippen LogP contribution < -0.4 is 0 Å². The van der Waals surface area contributed by atoms with Gasteiger partial charge in [0.05, 0.1) is 16.1 Å². The van der Waals surface area contributed by atoms with Gasteiger partial charge in [-0.15, -0.1) is 0 Å². The Morgan fingerprint density at radius 1 is 0.958 bits per heavy atom. The molecular formula is C16H8F3N3O2. The van der Waals surface area contributed by atoms with Crippen LogP contribution in [0.1, 0.15) is 0 Å². The Kier molecular flexibility index (Phi) is 3.95. The zero-order valence-corrected chi connectivity index (χ0v) is 11.9. The van der Waals surface area contributed by atoms with Crippen molar-refractivity contribution >= 4 is 5.69 Å². The van der Waals surface area contributed by atoms with Crippen molar-refractivity contribution < 1.29 is 18.1 Å². The fourth-order valence-corrected chi connectivity index (χ4v) is 2.30. The van der Waals surface area contributed by atoms with Gasteiger partial charge < -0.3 is 0 Å². The van der Waals surface area contributed by atoms with Crippen LogP contribution >= 0.6 is 0 Å². The van der Waals surface area contributed by atoms with Gasteiger partial charge in [-0.05, 0) is 29.8 Å². The molecule has 0 unspecified atom stereocenters. The van der Waals surface area contributed by atoms with Gasteiger partial charge in [-0.2, -0.15) is 4.39 Å². The minimum atomic E-state index is -0.948. The second kappa shape index (κ2) is 6.07. The second-order valence-corrected chi connectivity index (χ2v) is 4.83. The average molecular weight is 331 g/mol. The number of halogens is 3. The number of nitro groups is 1. The summed E-state index contributed by atoms with van der Waals surface area (Å²) in [5.41, 5.74) is -0.691. The fourth-order valence-electron chi connectivity index (χ4n) is 2.30. The molecule has 0 atom stereocenters. The first-order chi connectivity index (χ1) is 11.5. The van der Waals surface area contributed by atoms with Gasteiger partial charge in [0.25, 0.3) is 5.69 Å². The lowest BCUT2D eigenvalue weighted by atomic mass is 10.00. The van der Waals surface area contributed by atoms with E-state index in [1.54, 1.807) is 0 Å². The molecule has 0 bridgehead atoms. The van der Waals surface area contributed by atoms with Crippen molar-refractivity contribution in [3.8, 4) is 22.3 Å². The van der Waals surface area contributed by atoms with E-state index in [-0.39, 0.29) is 22.4 Å². The van der Waals surface area contributed by atoms with Crippen molar-refractivity contribution in [2.24, 2.45) is 0 Å². The Hall–Kier alpha value is -3.29. The van der Waals surface area contributed by atoms with Gasteiger partial charge in [0.2, 0.25) is 5.95 Å². The van der Waals surface area contributed by atoms with E-state index in [0.717, 1.165) is 36.7 Å². The van der Waals surface area contributed by atoms with E-state index in [0.29, 0.717) is 0 Å². The number of benzene rings is 1. The second-order valence-electron chi connectivity index (χ2n) is 4.83. The van der Waals surface area contributed by atoms with E-state index in [1.165, 1.54) is 12.3 Å². The highest BCUT2D eigenvalue weighted by Crippen LogP contribution is 2.34. The van der Waals surface area contributed by atoms with Crippen molar-refractivity contribution in [3.05, 3.63) is 76.6 Å². The Balaban J connectivity index is 2.15. The molecule has 8 heteroatoms. The van der Waals surface area contributed by atoms with Crippen molar-refractivity contribution in [2.45, 2.75) is 0 Å². The van der Waals surface area contributed by atoms with Gasteiger partial charge in [-0.3, -0.25) is 15.1 Å². The van der Waals surface area contributed by atoms with Crippen LogP contribution in [0.15, 0.2) is 48.9 Å². The average Bonchev–Trinajstić information content (AvgIpc) is 2.56. The topological polar surface area (TPSA) is 68.9 Å². The Morgan fingerprint density at radius 3 is 2.25 bits per heavy atom. The molecule has 0 radical (unpaired) electrons. The summed E-state index contributed by atoms with van der Waals surface area (Å²) in [5, 5.41) is 11.0. The molecule has 3 rings (SSSR count). The summed E-state index contributed by atoms with van der Waals surface area (Å²) in [7, 11) is 0. The Labute approximate surface area is 133 Å². The number of hydrogen-bond donors (Lipinski definition) is 0. The summed E-state index contributed by atoms with van der Waals surface area (Å²) in [4.78, 5) is 17.5. The van der Waals surface area contributed by atoms with Gasteiger partial charge in [0.15, 0.2) is 0 Å². The first kappa shape index (κ1) is 15.6. The van der Waals surface area contributed by atoms with Crippen LogP contribution in [0.2, 0.25) is 0 Å². The van der Waals surface area contributed by atoms with E-state index in [2.05, 4.69) is 9.97 Å². The highest BCUT2D eigenvalue weighted by atomic mass is 19.1. The third kappa shape index (κ3) is 2.81. The zero-order valence-electron chi connectivity index (χ0n) is 11.9. The van der Waals surface area contributed by atoms with Crippen LogP contribution in [-0.4, -0.2) is 14.9 Å². The number of aromatic nitrogens is 2. The lowest BCUT2D eigenvalue weighted by molar-refractivity contribution is -0.384. The maximum atomic E-state index is 14.4. The van der Waals surface area contributed by atoms with Gasteiger partial charge in [0, 0.05) is 30.2 Å². The number of rotatable bonds is 3. The normalized spacial score (nSPS) is 10.6. The summed E-state index contributed by atoms with van der Waals surface area (Å²) in [5.74, 6) is -2.67. The van der Waals surface area contributed by atoms with Crippen molar-refractivity contribution in [1.29, 1.82) is 0 Å². The van der Waals surface area contributed by atoms with Crippen LogP contribution in [0.4, 0.5) is 18.9 Å². The highest BCUT2D eigenvalue weighted by Gasteiger charge is 2.20. The molecule has 1 aromatic carbocycles. The summed E-state index contributed by atoms with van der Waals surface area (Å²) < 4.78 is 41.6. The monoisotopic (exact) mass is 331 g/mol. The number of pyridine rings is 2. The van der Waals surface area contributed by atoms with Crippen molar-refractivity contribution in [3.63, 3.8) is 0 Å². The van der Waals surface area contributed by atoms with Crippen LogP contribution in [0.3, 0.4) is 0 Å². The molecule has 120 valence electrons. The molecule has 0 aliphatic carbocycles. The van der Waals surface area contributed by atoms with E-state index in [9.17, 15) is 23.3 Å². The molecule has 0 aliphatic heterocycles. The van der Waals surface area contributed by atoms with Crippen LogP contribution in [0.25, 0.3) is 22.3 Å². The Morgan fingerprint density at radius 2 is 1.67 bits per heavy atom. The molecule has 0 aliphatic rings. The molecular weight excluding hydrogens is 323 g/mol. The minimum Gasteiger partial charge on any atom is -0.264 e. The third-order valence-electron chi connectivity index (χ3n) is 3.36. The molecule has 0 fully saturated rings. The largest absolute Gasteiger partial charge is 0.280 e. The third-order valence-corrected chi connectivity index (χ3v) is 3.36. The molecule has 3 aromatic rings. The maximum Gasteiger partial charge on any atom is 0.280 e. The van der Waals surface area contributed by atoms with Gasteiger partial charge in [-0.1, -0.05) is 0 Å². The van der Waals surface area contributed by atoms with Crippen molar-refractivity contribution in [1.82, 2.24) is 9.97 Å². The van der Waals surface area contributed by atoms with E-state index >= 15 is 0 Å². The summed E-state index contributed by atoms with van der Waals surface area (Å²) >= 11 is 0. The molecule has 24 heavy (non-hydrogen) atoms. The maximum absolute atomic E-state index is 14.4. The van der Waals surface area contributed by atoms with Gasteiger partial charge in [-0.25, -0.2) is 13.8 Å². The molecule has 0 spiro atoms. The first-order valence-electron chi connectivity index (χ1n) is 6.67. The summed E-state index contributed by atoms with van der Waals surface area (Å²) in [6.45, 7) is 0. The zero-order chi connectivity index (χ0) is 17.3. The number of nitrogens with zero attached hydrogens (tertiary/aromatic N) is 3. The standard InChI is InChI=1S/C16H8F3N3O2/c17-12-5-10(11-8-20-4-3-14(11)22(23)24)6-13(18)16(12)9-1-2-15(19)21-7-9/h1-8H. The summed E-state index contributed by atoms with van der Waals surface area (Å²) in [6, 6.07) is 5.24. The fraction of sp³-hybridized carbons (Fsp3) is 0. The molecule has 0 amide bonds. The molecule has 5 nitrogen and oxygen atoms in total. The van der Waals surface area contributed by atoms with Crippen LogP contribution in [-0.2, 0) is 0 Å². The van der Waals surface area contributed by atoms with Gasteiger partial charge in [0.1, 0.15) is 11.6 Å². The molecule has 0 N–H and O–H groups in total. The number of hydrogen-bond acceptors (Lipinski definition) is 4. The molecule has 2 heterocycles. The smallest absolute Gasteiger partial charge is 0.264 e. The van der Waals surface area contributed by atoms with Crippen LogP contribution in [0, 0.1) is 27.7 Å². The predicted octanol–water partition coefficient (Wildman–Crippen LogP) is 4.14. The minimum absolute atomic E-state index is 0.0101. The molecule has 0 saturated carbocycles. The first-order valence-corrected chi connectivity index (χ1v) is 6.67. The quantitative estimate of drug-likeness (QED) is 0.411. The highest BCUT2D eigenvalue weighted by molar-refractivity contribution is 5.76. The molecule has 2 aromatic heterocycles. The van der Waals surface area contributed by atoms with E-state index < -0.39 is 28.1 Å². The lowest BCUT2D eigenvalue weighted by Crippen LogP contribution is -1.96. The lowest BCUT2D eigenvalue weighted by Gasteiger charge is -2.08.